The Labute approximate surface area is 247 Å². The number of hydrogen-bond donors (Lipinski definition) is 1. The van der Waals surface area contributed by atoms with Crippen molar-refractivity contribution in [1.82, 2.24) is 4.57 Å². The summed E-state index contributed by atoms with van der Waals surface area (Å²) in [4.78, 5) is 27.7. The number of esters is 1. The molecule has 1 aromatic heterocycles. The molecule has 42 heavy (non-hydrogen) atoms. The van der Waals surface area contributed by atoms with E-state index >= 15 is 0 Å². The molecule has 11 heteroatoms. The molecule has 0 unspecified atom stereocenters. The second kappa shape index (κ2) is 11.8. The van der Waals surface area contributed by atoms with Crippen molar-refractivity contribution < 1.29 is 32.2 Å². The van der Waals surface area contributed by atoms with E-state index < -0.39 is 32.0 Å². The minimum Gasteiger partial charge on any atom is -0.497 e. The highest BCUT2D eigenvalue weighted by Gasteiger charge is 2.40. The quantitative estimate of drug-likeness (QED) is 0.301. The zero-order valence-corrected chi connectivity index (χ0v) is 24.7. The third-order valence-electron chi connectivity index (χ3n) is 6.71. The lowest BCUT2D eigenvalue weighted by atomic mass is 10.1. The average Bonchev–Trinajstić information content (AvgIpc) is 3.31. The Kier molecular flexibility index (Phi) is 8.15. The summed E-state index contributed by atoms with van der Waals surface area (Å²) in [7, 11) is -1.25. The number of carbonyl (C=O) groups is 2. The van der Waals surface area contributed by atoms with Crippen LogP contribution in [0.5, 0.6) is 11.5 Å². The number of ether oxygens (including phenoxy) is 3. The molecule has 1 aliphatic heterocycles. The molecule has 9 nitrogen and oxygen atoms in total. The maximum atomic E-state index is 14.3. The van der Waals surface area contributed by atoms with Crippen molar-refractivity contribution in [3.05, 3.63) is 101 Å². The molecule has 0 aliphatic carbocycles. The number of nitrogens with zero attached hydrogens (tertiary/aromatic N) is 1. The van der Waals surface area contributed by atoms with Crippen molar-refractivity contribution >= 4 is 50.1 Å². The van der Waals surface area contributed by atoms with Crippen LogP contribution in [0.1, 0.15) is 28.1 Å². The molecular formula is C31H28N2O7S2. The van der Waals surface area contributed by atoms with Gasteiger partial charge in [-0.1, -0.05) is 54.2 Å². The number of fused-ring (bicyclic) bond motifs is 1. The van der Waals surface area contributed by atoms with Crippen molar-refractivity contribution in [1.29, 1.82) is 0 Å². The summed E-state index contributed by atoms with van der Waals surface area (Å²) in [6.45, 7) is 1.74. The van der Waals surface area contributed by atoms with Gasteiger partial charge in [-0.3, -0.25) is 9.36 Å². The third-order valence-corrected chi connectivity index (χ3v) is 9.82. The number of methoxy groups -OCH3 is 2. The molecule has 0 saturated heterocycles. The van der Waals surface area contributed by atoms with E-state index in [9.17, 15) is 18.0 Å². The van der Waals surface area contributed by atoms with Crippen LogP contribution >= 0.6 is 11.8 Å². The van der Waals surface area contributed by atoms with E-state index in [2.05, 4.69) is 0 Å². The van der Waals surface area contributed by atoms with Gasteiger partial charge in [0.15, 0.2) is 5.03 Å². The minimum atomic E-state index is -4.32. The van der Waals surface area contributed by atoms with Gasteiger partial charge < -0.3 is 19.9 Å². The summed E-state index contributed by atoms with van der Waals surface area (Å²) in [6, 6.07) is 21.5. The number of benzene rings is 3. The fourth-order valence-corrected chi connectivity index (χ4v) is 7.44. The maximum Gasteiger partial charge on any atom is 0.346 e. The SMILES string of the molecule is CCOC(=O)C1=c2/c(=C/c3ccc(OC)cc3)c(N)c(S(=O)(=O)c3ccccc3)n2C(=O)[C@H](c2ccc(OC)cc2)S1. The van der Waals surface area contributed by atoms with Gasteiger partial charge in [0.05, 0.1) is 36.8 Å². The number of nitrogens with two attached hydrogens (primary N) is 1. The van der Waals surface area contributed by atoms with Crippen LogP contribution in [0.25, 0.3) is 11.0 Å². The summed E-state index contributed by atoms with van der Waals surface area (Å²) in [5, 5.41) is -1.09. The Morgan fingerprint density at radius 2 is 1.55 bits per heavy atom. The van der Waals surface area contributed by atoms with Gasteiger partial charge in [-0.15, -0.1) is 0 Å². The molecule has 0 fully saturated rings. The van der Waals surface area contributed by atoms with Gasteiger partial charge in [-0.05, 0) is 60.5 Å². The number of sulfone groups is 1. The second-order valence-electron chi connectivity index (χ2n) is 9.21. The first-order chi connectivity index (χ1) is 20.2. The van der Waals surface area contributed by atoms with E-state index in [-0.39, 0.29) is 32.7 Å². The molecular weight excluding hydrogens is 576 g/mol. The van der Waals surface area contributed by atoms with Crippen molar-refractivity contribution in [2.24, 2.45) is 0 Å². The smallest absolute Gasteiger partial charge is 0.346 e. The van der Waals surface area contributed by atoms with Gasteiger partial charge in [0.25, 0.3) is 0 Å². The fourth-order valence-electron chi connectivity index (χ4n) is 4.68. The molecule has 5 rings (SSSR count). The van der Waals surface area contributed by atoms with Crippen LogP contribution in [-0.2, 0) is 19.4 Å². The minimum absolute atomic E-state index is 0.0438. The van der Waals surface area contributed by atoms with Crippen molar-refractivity contribution in [3.8, 4) is 11.5 Å². The van der Waals surface area contributed by atoms with Crippen molar-refractivity contribution in [2.75, 3.05) is 26.6 Å². The Hall–Kier alpha value is -4.48. The molecule has 1 atom stereocenters. The van der Waals surface area contributed by atoms with Gasteiger partial charge in [0, 0.05) is 5.22 Å². The van der Waals surface area contributed by atoms with Crippen LogP contribution in [0.2, 0.25) is 0 Å². The summed E-state index contributed by atoms with van der Waals surface area (Å²) < 4.78 is 45.2. The highest BCUT2D eigenvalue weighted by atomic mass is 32.2. The molecule has 216 valence electrons. The Bertz CT molecular complexity index is 1880. The molecule has 1 aliphatic rings. The molecule has 2 N–H and O–H groups in total. The standard InChI is InChI=1S/C31H28N2O7S2/c1-4-40-31(35)28-26-24(18-19-10-14-21(38-2)15-11-19)25(32)30(42(36,37)23-8-6-5-7-9-23)33(26)29(34)27(41-28)20-12-16-22(39-3)17-13-20/h5-18,27H,4,32H2,1-3H3/b24-18+/t27-/m0/s1. The number of nitrogen functional groups attached to an aromatic ring is 1. The molecule has 4 aromatic rings. The van der Waals surface area contributed by atoms with E-state index in [1.807, 2.05) is 0 Å². The first-order valence-corrected chi connectivity index (χ1v) is 15.3. The lowest BCUT2D eigenvalue weighted by Crippen LogP contribution is -2.42. The summed E-state index contributed by atoms with van der Waals surface area (Å²) >= 11 is 0.997. The van der Waals surface area contributed by atoms with Crippen LogP contribution < -0.4 is 25.8 Å². The van der Waals surface area contributed by atoms with Gasteiger partial charge in [0.1, 0.15) is 21.7 Å². The van der Waals surface area contributed by atoms with Gasteiger partial charge in [0.2, 0.25) is 15.7 Å². The molecule has 0 bridgehead atoms. The molecule has 0 saturated carbocycles. The Morgan fingerprint density at radius 3 is 2.12 bits per heavy atom. The van der Waals surface area contributed by atoms with Crippen LogP contribution in [0.15, 0.2) is 88.8 Å². The summed E-state index contributed by atoms with van der Waals surface area (Å²) in [5.74, 6) is -0.0569. The number of aromatic nitrogens is 1. The molecule has 0 spiro atoms. The van der Waals surface area contributed by atoms with Crippen LogP contribution in [0, 0.1) is 0 Å². The largest absolute Gasteiger partial charge is 0.497 e. The maximum absolute atomic E-state index is 14.3. The van der Waals surface area contributed by atoms with E-state index in [0.29, 0.717) is 22.6 Å². The predicted molar refractivity (Wildman–Crippen MR) is 161 cm³/mol. The van der Waals surface area contributed by atoms with Crippen molar-refractivity contribution in [2.45, 2.75) is 22.1 Å². The van der Waals surface area contributed by atoms with Gasteiger partial charge in [-0.25, -0.2) is 13.2 Å². The second-order valence-corrected chi connectivity index (χ2v) is 12.2. The Morgan fingerprint density at radius 1 is 0.952 bits per heavy atom. The number of thioether (sulfide) groups is 1. The lowest BCUT2D eigenvalue weighted by Gasteiger charge is -2.24. The topological polar surface area (TPSA) is 127 Å². The van der Waals surface area contributed by atoms with Crippen LogP contribution in [-0.4, -0.2) is 45.7 Å². The van der Waals surface area contributed by atoms with E-state index in [1.165, 1.54) is 19.2 Å². The van der Waals surface area contributed by atoms with E-state index in [1.54, 1.807) is 86.8 Å². The summed E-state index contributed by atoms with van der Waals surface area (Å²) in [6.07, 6.45) is 1.64. The lowest BCUT2D eigenvalue weighted by molar-refractivity contribution is -0.135. The summed E-state index contributed by atoms with van der Waals surface area (Å²) in [5.41, 5.74) is 7.68. The number of hydrogen-bond acceptors (Lipinski definition) is 9. The van der Waals surface area contributed by atoms with Gasteiger partial charge >= 0.3 is 5.97 Å². The van der Waals surface area contributed by atoms with Crippen LogP contribution in [0.4, 0.5) is 5.69 Å². The zero-order valence-electron chi connectivity index (χ0n) is 23.1. The van der Waals surface area contributed by atoms with Crippen molar-refractivity contribution in [3.63, 3.8) is 0 Å². The van der Waals surface area contributed by atoms with E-state index in [4.69, 9.17) is 19.9 Å². The zero-order chi connectivity index (χ0) is 30.0. The van der Waals surface area contributed by atoms with E-state index in [0.717, 1.165) is 16.3 Å². The van der Waals surface area contributed by atoms with Gasteiger partial charge in [-0.2, -0.15) is 0 Å². The molecule has 2 heterocycles. The monoisotopic (exact) mass is 604 g/mol. The third kappa shape index (κ3) is 5.17. The number of rotatable bonds is 8. The number of carbonyl (C=O) groups excluding carboxylic acids is 2. The highest BCUT2D eigenvalue weighted by Crippen LogP contribution is 2.41. The molecule has 0 radical (unpaired) electrons. The fraction of sp³-hybridized carbons (Fsp3) is 0.161. The molecule has 3 aromatic carbocycles. The van der Waals surface area contributed by atoms with Crippen LogP contribution in [0.3, 0.4) is 0 Å². The normalized spacial score (nSPS) is 15.3. The number of anilines is 1. The average molecular weight is 605 g/mol. The Balaban J connectivity index is 1.88. The molecule has 0 amide bonds. The highest BCUT2D eigenvalue weighted by molar-refractivity contribution is 8.10. The predicted octanol–water partition coefficient (Wildman–Crippen LogP) is 3.55. The first kappa shape index (κ1) is 29.0. The first-order valence-electron chi connectivity index (χ1n) is 12.9.